The summed E-state index contributed by atoms with van der Waals surface area (Å²) in [4.78, 5) is 11.4. The second-order valence-corrected chi connectivity index (χ2v) is 10.00. The number of methoxy groups -OCH3 is 1. The summed E-state index contributed by atoms with van der Waals surface area (Å²) in [5.74, 6) is 0.848. The molecule has 1 unspecified atom stereocenters. The molecule has 1 N–H and O–H groups in total. The molecule has 0 radical (unpaired) electrons. The van der Waals surface area contributed by atoms with Gasteiger partial charge >= 0.3 is 0 Å². The molecule has 1 aromatic heterocycles. The Morgan fingerprint density at radius 3 is 2.50 bits per heavy atom. The van der Waals surface area contributed by atoms with E-state index < -0.39 is 9.84 Å². The number of ether oxygens (including phenoxy) is 1. The van der Waals surface area contributed by atoms with E-state index in [-0.39, 0.29) is 35.8 Å². The number of guanidine groups is 1. The van der Waals surface area contributed by atoms with Crippen molar-refractivity contribution in [2.75, 3.05) is 27.0 Å². The van der Waals surface area contributed by atoms with Gasteiger partial charge in [0, 0.05) is 32.3 Å². The lowest BCUT2D eigenvalue weighted by Gasteiger charge is -2.21. The maximum Gasteiger partial charge on any atom is 0.194 e. The first-order chi connectivity index (χ1) is 13.7. The highest BCUT2D eigenvalue weighted by Crippen LogP contribution is 2.21. The van der Waals surface area contributed by atoms with Gasteiger partial charge in [0.15, 0.2) is 15.8 Å². The zero-order chi connectivity index (χ0) is 21.4. The van der Waals surface area contributed by atoms with Gasteiger partial charge in [0.2, 0.25) is 0 Å². The van der Waals surface area contributed by atoms with Crippen LogP contribution in [0.4, 0.5) is 0 Å². The van der Waals surface area contributed by atoms with Gasteiger partial charge < -0.3 is 15.0 Å². The van der Waals surface area contributed by atoms with E-state index >= 15 is 0 Å². The zero-order valence-corrected chi connectivity index (χ0v) is 22.0. The molecule has 1 heterocycles. The molecule has 0 spiro atoms. The smallest absolute Gasteiger partial charge is 0.194 e. The Bertz CT molecular complexity index is 914. The topological polar surface area (TPSA) is 83.9 Å². The first kappa shape index (κ1) is 26.8. The number of sulfone groups is 1. The minimum atomic E-state index is -3.03. The Morgan fingerprint density at radius 2 is 1.93 bits per heavy atom. The standard InChI is InChI=1S/C20H30N4O3S2.HI/c1-6-21-20(24(3)12-18-13-28-19(23-18)15(2)27-4)22-11-16-7-9-17(10-8-16)14-29(5,25)26;/h7-10,13,15H,6,11-12,14H2,1-5H3,(H,21,22);1H. The molecule has 0 saturated carbocycles. The Hall–Kier alpha value is -1.24. The van der Waals surface area contributed by atoms with Gasteiger partial charge in [0.25, 0.3) is 0 Å². The summed E-state index contributed by atoms with van der Waals surface area (Å²) >= 11 is 1.60. The van der Waals surface area contributed by atoms with Crippen LogP contribution in [-0.4, -0.2) is 51.2 Å². The average molecular weight is 567 g/mol. The highest BCUT2D eigenvalue weighted by atomic mass is 127. The Morgan fingerprint density at radius 1 is 1.30 bits per heavy atom. The highest BCUT2D eigenvalue weighted by Gasteiger charge is 2.13. The van der Waals surface area contributed by atoms with Gasteiger partial charge in [0.1, 0.15) is 11.1 Å². The van der Waals surface area contributed by atoms with Crippen LogP contribution in [0.25, 0.3) is 0 Å². The predicted molar refractivity (Wildman–Crippen MR) is 134 cm³/mol. The van der Waals surface area contributed by atoms with E-state index in [4.69, 9.17) is 9.73 Å². The number of thiazole rings is 1. The van der Waals surface area contributed by atoms with E-state index in [1.165, 1.54) is 6.26 Å². The van der Waals surface area contributed by atoms with Gasteiger partial charge in [-0.1, -0.05) is 24.3 Å². The fourth-order valence-electron chi connectivity index (χ4n) is 2.68. The van der Waals surface area contributed by atoms with Crippen molar-refractivity contribution in [3.63, 3.8) is 0 Å². The maximum absolute atomic E-state index is 11.4. The number of nitrogens with one attached hydrogen (secondary N) is 1. The molecule has 1 atom stereocenters. The van der Waals surface area contributed by atoms with Crippen molar-refractivity contribution in [2.45, 2.75) is 38.8 Å². The summed E-state index contributed by atoms with van der Waals surface area (Å²) in [6.07, 6.45) is 1.23. The monoisotopic (exact) mass is 566 g/mol. The number of aromatic nitrogens is 1. The summed E-state index contributed by atoms with van der Waals surface area (Å²) in [5, 5.41) is 6.32. The molecule has 0 bridgehead atoms. The molecule has 0 aliphatic heterocycles. The van der Waals surface area contributed by atoms with E-state index in [2.05, 4.69) is 10.3 Å². The molecular weight excluding hydrogens is 535 g/mol. The number of halogens is 1. The van der Waals surface area contributed by atoms with E-state index in [9.17, 15) is 8.42 Å². The van der Waals surface area contributed by atoms with E-state index in [0.717, 1.165) is 34.3 Å². The number of hydrogen-bond donors (Lipinski definition) is 1. The number of rotatable bonds is 9. The van der Waals surface area contributed by atoms with Crippen molar-refractivity contribution in [1.29, 1.82) is 0 Å². The molecule has 0 aliphatic carbocycles. The molecule has 10 heteroatoms. The van der Waals surface area contributed by atoms with Crippen LogP contribution in [0, 0.1) is 0 Å². The largest absolute Gasteiger partial charge is 0.375 e. The summed E-state index contributed by atoms with van der Waals surface area (Å²) in [5.41, 5.74) is 2.79. The van der Waals surface area contributed by atoms with Gasteiger partial charge in [0.05, 0.1) is 24.5 Å². The molecule has 168 valence electrons. The molecule has 7 nitrogen and oxygen atoms in total. The third-order valence-corrected chi connectivity index (χ3v) is 6.14. The Labute approximate surface area is 200 Å². The minimum Gasteiger partial charge on any atom is -0.375 e. The lowest BCUT2D eigenvalue weighted by molar-refractivity contribution is 0.119. The number of hydrogen-bond acceptors (Lipinski definition) is 6. The molecule has 0 aliphatic rings. The third kappa shape index (κ3) is 8.86. The lowest BCUT2D eigenvalue weighted by atomic mass is 10.1. The van der Waals surface area contributed by atoms with Crippen molar-refractivity contribution in [2.24, 2.45) is 4.99 Å². The van der Waals surface area contributed by atoms with Crippen LogP contribution < -0.4 is 5.32 Å². The lowest BCUT2D eigenvalue weighted by Crippen LogP contribution is -2.38. The third-order valence-electron chi connectivity index (χ3n) is 4.23. The van der Waals surface area contributed by atoms with Crippen LogP contribution in [0.2, 0.25) is 0 Å². The average Bonchev–Trinajstić information content (AvgIpc) is 3.12. The molecule has 30 heavy (non-hydrogen) atoms. The normalized spacial score (nSPS) is 12.9. The number of aliphatic imine (C=N–C) groups is 1. The van der Waals surface area contributed by atoms with Gasteiger partial charge in [-0.3, -0.25) is 0 Å². The molecular formula is C20H31IN4O3S2. The van der Waals surface area contributed by atoms with Crippen molar-refractivity contribution < 1.29 is 13.2 Å². The SMILES string of the molecule is CCNC(=NCc1ccc(CS(C)(=O)=O)cc1)N(C)Cc1csc(C(C)OC)n1.I. The quantitative estimate of drug-likeness (QED) is 0.284. The molecule has 2 aromatic rings. The van der Waals surface area contributed by atoms with Crippen LogP contribution >= 0.6 is 35.3 Å². The van der Waals surface area contributed by atoms with E-state index in [1.54, 1.807) is 18.4 Å². The summed E-state index contributed by atoms with van der Waals surface area (Å²) in [7, 11) is 0.637. The van der Waals surface area contributed by atoms with Crippen molar-refractivity contribution >= 4 is 51.1 Å². The molecule has 0 fully saturated rings. The van der Waals surface area contributed by atoms with E-state index in [0.29, 0.717) is 13.1 Å². The predicted octanol–water partition coefficient (Wildman–Crippen LogP) is 3.61. The zero-order valence-electron chi connectivity index (χ0n) is 18.1. The second kappa shape index (κ2) is 12.6. The number of nitrogens with zero attached hydrogens (tertiary/aromatic N) is 3. The van der Waals surface area contributed by atoms with Crippen LogP contribution in [0.5, 0.6) is 0 Å². The maximum atomic E-state index is 11.4. The van der Waals surface area contributed by atoms with Gasteiger partial charge in [-0.25, -0.2) is 18.4 Å². The van der Waals surface area contributed by atoms with Crippen LogP contribution in [0.1, 0.15) is 41.8 Å². The molecule has 2 rings (SSSR count). The highest BCUT2D eigenvalue weighted by molar-refractivity contribution is 14.0. The van der Waals surface area contributed by atoms with E-state index in [1.807, 2.05) is 55.4 Å². The Balaban J connectivity index is 0.00000450. The first-order valence-corrected chi connectivity index (χ1v) is 12.4. The van der Waals surface area contributed by atoms with Crippen molar-refractivity contribution in [1.82, 2.24) is 15.2 Å². The molecule has 0 amide bonds. The fourth-order valence-corrected chi connectivity index (χ4v) is 4.32. The molecule has 1 aromatic carbocycles. The van der Waals surface area contributed by atoms with Crippen molar-refractivity contribution in [3.8, 4) is 0 Å². The van der Waals surface area contributed by atoms with Gasteiger partial charge in [-0.15, -0.1) is 35.3 Å². The summed E-state index contributed by atoms with van der Waals surface area (Å²) < 4.78 is 28.1. The fraction of sp³-hybridized carbons (Fsp3) is 0.500. The van der Waals surface area contributed by atoms with Gasteiger partial charge in [-0.05, 0) is 25.0 Å². The second-order valence-electron chi connectivity index (χ2n) is 6.97. The van der Waals surface area contributed by atoms with Crippen molar-refractivity contribution in [3.05, 3.63) is 51.5 Å². The number of benzene rings is 1. The summed E-state index contributed by atoms with van der Waals surface area (Å²) in [6, 6.07) is 7.53. The van der Waals surface area contributed by atoms with Gasteiger partial charge in [-0.2, -0.15) is 0 Å². The minimum absolute atomic E-state index is 0. The van der Waals surface area contributed by atoms with Crippen LogP contribution in [0.3, 0.4) is 0 Å². The van der Waals surface area contributed by atoms with Crippen LogP contribution in [-0.2, 0) is 33.4 Å². The molecule has 0 saturated heterocycles. The Kier molecular flexibility index (Phi) is 11.2. The summed E-state index contributed by atoms with van der Waals surface area (Å²) in [6.45, 7) is 5.93. The first-order valence-electron chi connectivity index (χ1n) is 9.44. The van der Waals surface area contributed by atoms with Crippen LogP contribution in [0.15, 0.2) is 34.6 Å².